The van der Waals surface area contributed by atoms with Gasteiger partial charge in [0.1, 0.15) is 12.2 Å². The molecule has 0 unspecified atom stereocenters. The Labute approximate surface area is 609 Å². The Morgan fingerprint density at radius 3 is 0.878 bits per heavy atom. The monoisotopic (exact) mass is 1360 g/mol. The van der Waals surface area contributed by atoms with Crippen LogP contribution in [0.3, 0.4) is 0 Å². The Morgan fingerprint density at radius 1 is 0.224 bits per heavy atom. The molecule has 7 aromatic rings. The fourth-order valence-electron chi connectivity index (χ4n) is 7.32. The molecule has 0 bridgehead atoms. The predicted molar refractivity (Wildman–Crippen MR) is 438 cm³/mol. The molecule has 560 valence electrons. The van der Waals surface area contributed by atoms with Crippen molar-refractivity contribution in [3.05, 3.63) is 184 Å². The predicted octanol–water partition coefficient (Wildman–Crippen LogP) is 28.1. The van der Waals surface area contributed by atoms with E-state index in [9.17, 15) is 0 Å². The molecule has 0 saturated carbocycles. The highest BCUT2D eigenvalue weighted by Gasteiger charge is 2.10. The minimum atomic E-state index is 0.420. The average Bonchev–Trinajstić information content (AvgIpc) is 1.19. The van der Waals surface area contributed by atoms with E-state index in [1.165, 1.54) is 39.3 Å². The molecule has 0 spiro atoms. The molecule has 11 heteroatoms. The number of hydrogen-bond acceptors (Lipinski definition) is 11. The van der Waals surface area contributed by atoms with Crippen molar-refractivity contribution in [2.24, 2.45) is 0 Å². The van der Waals surface area contributed by atoms with Crippen molar-refractivity contribution in [2.75, 3.05) is 0 Å². The number of pyridine rings is 3. The van der Waals surface area contributed by atoms with E-state index in [1.54, 1.807) is 6.33 Å². The summed E-state index contributed by atoms with van der Waals surface area (Å²) in [5.74, 6) is 8.14. The second-order valence-corrected chi connectivity index (χ2v) is 26.2. The summed E-state index contributed by atoms with van der Waals surface area (Å²) in [7, 11) is 0. The van der Waals surface area contributed by atoms with Crippen molar-refractivity contribution < 1.29 is 0 Å². The second kappa shape index (κ2) is 65.4. The van der Waals surface area contributed by atoms with E-state index in [4.69, 9.17) is 0 Å². The van der Waals surface area contributed by atoms with E-state index < -0.39 is 0 Å². The molecule has 0 fully saturated rings. The molecule has 0 radical (unpaired) electrons. The number of nitrogens with zero attached hydrogens (tertiary/aromatic N) is 11. The standard InChI is InChI=1S/3C11H17N.4C10H16N2.7C2H6/c1-8(2)10-5-11(9(3)4)7-12-6-10;1-8(2)10-5-6-12-11(7-10)9(3)4;1-8(2)10-6-5-7-11(12-10)9(3)4;1-7(2)9-5-11-6-10(12-9)8(3)4;1-7(2)9-5-10(8(3)4)12-6-11-9;1-7(2)9-5-10(8(3)4)12-11-6-9;1-7(2)9-5-6-11-10(12-9)8(3)4;7*1-2/h3*5-9H,1-4H3;4*5-8H,1-4H3;7*1-2H3. The summed E-state index contributed by atoms with van der Waals surface area (Å²) in [5.41, 5.74) is 15.6. The van der Waals surface area contributed by atoms with E-state index in [0.717, 1.165) is 40.0 Å². The van der Waals surface area contributed by atoms with Crippen molar-refractivity contribution in [1.82, 2.24) is 55.1 Å². The van der Waals surface area contributed by atoms with E-state index >= 15 is 0 Å². The molecule has 7 rings (SSSR count). The summed E-state index contributed by atoms with van der Waals surface area (Å²) in [4.78, 5) is 38.9. The summed E-state index contributed by atoms with van der Waals surface area (Å²) in [5, 5.41) is 8.05. The molecule has 7 aromatic heterocycles. The van der Waals surface area contributed by atoms with Crippen LogP contribution in [0.5, 0.6) is 0 Å². The molecule has 0 saturated heterocycles. The van der Waals surface area contributed by atoms with Crippen LogP contribution in [0.2, 0.25) is 0 Å². The Balaban J connectivity index is -0.000000191. The topological polar surface area (TPSA) is 142 Å². The van der Waals surface area contributed by atoms with E-state index in [0.29, 0.717) is 82.9 Å². The highest BCUT2D eigenvalue weighted by atomic mass is 15.1. The molecular formula is C87H157N11. The van der Waals surface area contributed by atoms with Gasteiger partial charge in [-0.2, -0.15) is 10.2 Å². The lowest BCUT2D eigenvalue weighted by Crippen LogP contribution is -2.01. The van der Waals surface area contributed by atoms with Gasteiger partial charge in [0.15, 0.2) is 0 Å². The van der Waals surface area contributed by atoms with Gasteiger partial charge in [0.2, 0.25) is 0 Å². The molecular weight excluding hydrogens is 1200 g/mol. The van der Waals surface area contributed by atoms with Gasteiger partial charge < -0.3 is 0 Å². The van der Waals surface area contributed by atoms with Gasteiger partial charge in [0.25, 0.3) is 0 Å². The fraction of sp³-hybridized carbons (Fsp3) is 0.644. The minimum Gasteiger partial charge on any atom is -0.264 e. The molecule has 0 N–H and O–H groups in total. The normalized spacial score (nSPS) is 10.0. The maximum Gasteiger partial charge on any atom is 0.131 e. The molecule has 7 heterocycles. The van der Waals surface area contributed by atoms with Crippen molar-refractivity contribution in [3.63, 3.8) is 0 Å². The highest BCUT2D eigenvalue weighted by Crippen LogP contribution is 2.23. The van der Waals surface area contributed by atoms with Gasteiger partial charge in [-0.15, -0.1) is 0 Å². The van der Waals surface area contributed by atoms with Crippen LogP contribution in [0.25, 0.3) is 0 Å². The van der Waals surface area contributed by atoms with Gasteiger partial charge >= 0.3 is 0 Å². The second-order valence-electron chi connectivity index (χ2n) is 26.2. The van der Waals surface area contributed by atoms with Crippen molar-refractivity contribution >= 4 is 0 Å². The van der Waals surface area contributed by atoms with Gasteiger partial charge in [0, 0.05) is 77.3 Å². The lowest BCUT2D eigenvalue weighted by Gasteiger charge is -2.09. The Kier molecular flexibility index (Phi) is 70.2. The van der Waals surface area contributed by atoms with E-state index in [-0.39, 0.29) is 0 Å². The number of rotatable bonds is 14. The molecule has 0 aliphatic heterocycles. The number of aromatic nitrogens is 11. The quantitative estimate of drug-likeness (QED) is 0.103. The van der Waals surface area contributed by atoms with E-state index in [2.05, 4.69) is 297 Å². The maximum atomic E-state index is 4.57. The van der Waals surface area contributed by atoms with Crippen molar-refractivity contribution in [2.45, 2.75) is 374 Å². The average molecular weight is 1360 g/mol. The molecule has 0 aliphatic rings. The first kappa shape index (κ1) is 105. The smallest absolute Gasteiger partial charge is 0.131 e. The van der Waals surface area contributed by atoms with Crippen LogP contribution in [-0.2, 0) is 0 Å². The summed E-state index contributed by atoms with van der Waals surface area (Å²) in [6.07, 6.45) is 14.9. The van der Waals surface area contributed by atoms with E-state index in [1.807, 2.05) is 146 Å². The maximum absolute atomic E-state index is 4.57. The van der Waals surface area contributed by atoms with Gasteiger partial charge in [-0.3, -0.25) is 24.9 Å². The van der Waals surface area contributed by atoms with Crippen LogP contribution in [0.4, 0.5) is 0 Å². The minimum absolute atomic E-state index is 0.420. The first-order chi connectivity index (χ1) is 46.3. The van der Waals surface area contributed by atoms with Gasteiger partial charge in [-0.1, -0.05) is 303 Å². The Morgan fingerprint density at radius 2 is 0.531 bits per heavy atom. The summed E-state index contributed by atoms with van der Waals surface area (Å²) >= 11 is 0. The fourth-order valence-corrected chi connectivity index (χ4v) is 7.32. The van der Waals surface area contributed by atoms with Crippen LogP contribution < -0.4 is 0 Å². The molecule has 0 amide bonds. The zero-order valence-corrected chi connectivity index (χ0v) is 71.8. The lowest BCUT2D eigenvalue weighted by molar-refractivity contribution is 0.729. The zero-order chi connectivity index (χ0) is 78.0. The Bertz CT molecular complexity index is 2150. The van der Waals surface area contributed by atoms with Crippen molar-refractivity contribution in [1.29, 1.82) is 0 Å². The largest absolute Gasteiger partial charge is 0.264 e. The zero-order valence-electron chi connectivity index (χ0n) is 71.8. The molecule has 0 aliphatic carbocycles. The lowest BCUT2D eigenvalue weighted by atomic mass is 9.99. The Hall–Kier alpha value is -6.23. The molecule has 0 atom stereocenters. The summed E-state index contributed by atoms with van der Waals surface area (Å²) < 4.78 is 0. The third kappa shape index (κ3) is 49.3. The molecule has 98 heavy (non-hydrogen) atoms. The third-order valence-corrected chi connectivity index (χ3v) is 13.7. The first-order valence-electron chi connectivity index (χ1n) is 38.4. The van der Waals surface area contributed by atoms with Crippen LogP contribution in [0, 0.1) is 0 Å². The van der Waals surface area contributed by atoms with Crippen molar-refractivity contribution in [3.8, 4) is 0 Å². The molecule has 0 aromatic carbocycles. The van der Waals surface area contributed by atoms with Crippen LogP contribution in [0.15, 0.2) is 104 Å². The summed E-state index contributed by atoms with van der Waals surface area (Å²) in [6.45, 7) is 88.5. The van der Waals surface area contributed by atoms with Gasteiger partial charge in [0.05, 0.1) is 23.3 Å². The first-order valence-corrected chi connectivity index (χ1v) is 38.4. The molecule has 11 nitrogen and oxygen atoms in total. The van der Waals surface area contributed by atoms with Crippen LogP contribution in [-0.4, -0.2) is 55.1 Å². The third-order valence-electron chi connectivity index (χ3n) is 13.7. The van der Waals surface area contributed by atoms with Gasteiger partial charge in [-0.05, 0) is 142 Å². The summed E-state index contributed by atoms with van der Waals surface area (Å²) in [6, 6.07) is 19.0. The van der Waals surface area contributed by atoms with Crippen LogP contribution >= 0.6 is 0 Å². The van der Waals surface area contributed by atoms with Gasteiger partial charge in [-0.25, -0.2) is 19.9 Å². The van der Waals surface area contributed by atoms with Crippen LogP contribution in [0.1, 0.15) is 453 Å². The highest BCUT2D eigenvalue weighted by molar-refractivity contribution is 5.24. The number of hydrogen-bond donors (Lipinski definition) is 0. The SMILES string of the molecule is CC.CC.CC.CC.CC.CC.CC.CC(C)c1cc(C(C)C)ncn1.CC(C)c1cccc(C(C)C)n1.CC(C)c1ccnc(C(C)C)c1.CC(C)c1ccnc(C(C)C)n1.CC(C)c1cncc(C(C)C)c1.CC(C)c1cncc(C(C)C)n1.CC(C)c1cnnc(C(C)C)c1.